The molecule has 104 valence electrons. The Kier molecular flexibility index (Phi) is 4.09. The van der Waals surface area contributed by atoms with Crippen LogP contribution in [0.3, 0.4) is 0 Å². The number of rotatable bonds is 4. The van der Waals surface area contributed by atoms with E-state index in [1.54, 1.807) is 31.2 Å². The van der Waals surface area contributed by atoms with Crippen LogP contribution in [0.15, 0.2) is 34.2 Å². The number of H-pyrrole nitrogens is 1. The predicted molar refractivity (Wildman–Crippen MR) is 71.9 cm³/mol. The standard InChI is InChI=1S/C13H13N3O4/c1-2-20-13(18)11(16-19)7-10-12(17)15-9-6-4-3-5-8(9)14-10/h3-6,19H,2,7H2,1H3,(H,15,17)/b16-11+. The highest BCUT2D eigenvalue weighted by Gasteiger charge is 2.17. The summed E-state index contributed by atoms with van der Waals surface area (Å²) in [6.45, 7) is 1.79. The normalized spacial score (nSPS) is 11.6. The average Bonchev–Trinajstić information content (AvgIpc) is 2.45. The average molecular weight is 275 g/mol. The molecule has 2 N–H and O–H groups in total. The summed E-state index contributed by atoms with van der Waals surface area (Å²) in [6, 6.07) is 7.01. The number of aromatic nitrogens is 2. The Morgan fingerprint density at radius 2 is 2.20 bits per heavy atom. The third-order valence-corrected chi connectivity index (χ3v) is 2.64. The lowest BCUT2D eigenvalue weighted by molar-refractivity contribution is -0.135. The zero-order valence-electron chi connectivity index (χ0n) is 10.8. The SMILES string of the molecule is CCOC(=O)/C(Cc1nc2ccccc2[nH]c1=O)=N/O. The van der Waals surface area contributed by atoms with Crippen LogP contribution in [0, 0.1) is 0 Å². The number of hydrogen-bond donors (Lipinski definition) is 2. The molecule has 0 aliphatic heterocycles. The number of esters is 1. The van der Waals surface area contributed by atoms with Crippen molar-refractivity contribution in [2.75, 3.05) is 6.61 Å². The molecule has 7 nitrogen and oxygen atoms in total. The van der Waals surface area contributed by atoms with Gasteiger partial charge in [0.05, 0.1) is 17.6 Å². The second kappa shape index (κ2) is 5.96. The monoisotopic (exact) mass is 275 g/mol. The van der Waals surface area contributed by atoms with Gasteiger partial charge in [0.2, 0.25) is 0 Å². The zero-order chi connectivity index (χ0) is 14.5. The molecular formula is C13H13N3O4. The Bertz CT molecular complexity index is 721. The number of nitrogens with zero attached hydrogens (tertiary/aromatic N) is 2. The summed E-state index contributed by atoms with van der Waals surface area (Å²) in [7, 11) is 0. The minimum Gasteiger partial charge on any atom is -0.461 e. The lowest BCUT2D eigenvalue weighted by atomic mass is 10.2. The van der Waals surface area contributed by atoms with Crippen LogP contribution in [0.2, 0.25) is 0 Å². The van der Waals surface area contributed by atoms with Crippen molar-refractivity contribution in [1.82, 2.24) is 9.97 Å². The number of nitrogens with one attached hydrogen (secondary N) is 1. The molecule has 0 aliphatic rings. The van der Waals surface area contributed by atoms with E-state index >= 15 is 0 Å². The summed E-state index contributed by atoms with van der Waals surface area (Å²) in [5, 5.41) is 11.7. The van der Waals surface area contributed by atoms with Crippen LogP contribution in [0.1, 0.15) is 12.6 Å². The molecule has 1 aromatic carbocycles. The van der Waals surface area contributed by atoms with Crippen molar-refractivity contribution in [3.05, 3.63) is 40.3 Å². The minimum absolute atomic E-state index is 0.0875. The van der Waals surface area contributed by atoms with Crippen LogP contribution >= 0.6 is 0 Å². The molecule has 20 heavy (non-hydrogen) atoms. The fraction of sp³-hybridized carbons (Fsp3) is 0.231. The first kappa shape index (κ1) is 13.7. The summed E-state index contributed by atoms with van der Waals surface area (Å²) < 4.78 is 4.72. The van der Waals surface area contributed by atoms with Gasteiger partial charge in [-0.3, -0.25) is 4.79 Å². The Balaban J connectivity index is 2.36. The Morgan fingerprint density at radius 3 is 2.90 bits per heavy atom. The summed E-state index contributed by atoms with van der Waals surface area (Å²) in [4.78, 5) is 30.2. The molecule has 2 rings (SSSR count). The first-order chi connectivity index (χ1) is 9.65. The van der Waals surface area contributed by atoms with Crippen molar-refractivity contribution in [1.29, 1.82) is 0 Å². The molecular weight excluding hydrogens is 262 g/mol. The molecule has 0 aliphatic carbocycles. The van der Waals surface area contributed by atoms with E-state index in [1.165, 1.54) is 0 Å². The molecule has 0 fully saturated rings. The van der Waals surface area contributed by atoms with Gasteiger partial charge in [-0.15, -0.1) is 0 Å². The fourth-order valence-corrected chi connectivity index (χ4v) is 1.71. The first-order valence-electron chi connectivity index (χ1n) is 6.01. The number of hydrogen-bond acceptors (Lipinski definition) is 6. The van der Waals surface area contributed by atoms with Crippen molar-refractivity contribution >= 4 is 22.7 Å². The van der Waals surface area contributed by atoms with Gasteiger partial charge in [-0.05, 0) is 19.1 Å². The number of benzene rings is 1. The number of ether oxygens (including phenoxy) is 1. The van der Waals surface area contributed by atoms with Crippen LogP contribution in [-0.4, -0.2) is 33.5 Å². The summed E-state index contributed by atoms with van der Waals surface area (Å²) in [6.07, 6.45) is -0.199. The predicted octanol–water partition coefficient (Wildman–Crippen LogP) is 0.859. The van der Waals surface area contributed by atoms with Crippen LogP contribution in [0.5, 0.6) is 0 Å². The van der Waals surface area contributed by atoms with Gasteiger partial charge in [0.25, 0.3) is 5.56 Å². The van der Waals surface area contributed by atoms with Gasteiger partial charge in [-0.1, -0.05) is 17.3 Å². The number of para-hydroxylation sites is 2. The molecule has 0 saturated heterocycles. The van der Waals surface area contributed by atoms with Crippen molar-refractivity contribution < 1.29 is 14.7 Å². The maximum atomic E-state index is 11.9. The molecule has 1 aromatic heterocycles. The van der Waals surface area contributed by atoms with Crippen LogP contribution in [0.4, 0.5) is 0 Å². The van der Waals surface area contributed by atoms with Gasteiger partial charge < -0.3 is 14.9 Å². The Morgan fingerprint density at radius 1 is 1.45 bits per heavy atom. The quantitative estimate of drug-likeness (QED) is 0.372. The molecule has 7 heteroatoms. The van der Waals surface area contributed by atoms with E-state index in [2.05, 4.69) is 15.1 Å². The maximum Gasteiger partial charge on any atom is 0.356 e. The van der Waals surface area contributed by atoms with Gasteiger partial charge in [0.1, 0.15) is 5.69 Å². The molecule has 0 spiro atoms. The zero-order valence-corrected chi connectivity index (χ0v) is 10.8. The second-order valence-corrected chi connectivity index (χ2v) is 3.97. The smallest absolute Gasteiger partial charge is 0.356 e. The van der Waals surface area contributed by atoms with Crippen molar-refractivity contribution in [3.63, 3.8) is 0 Å². The first-order valence-corrected chi connectivity index (χ1v) is 6.01. The molecule has 0 saturated carbocycles. The van der Waals surface area contributed by atoms with Gasteiger partial charge in [-0.25, -0.2) is 9.78 Å². The summed E-state index contributed by atoms with van der Waals surface area (Å²) in [5.41, 5.74) is 0.571. The molecule has 2 aromatic rings. The van der Waals surface area contributed by atoms with Crippen molar-refractivity contribution in [3.8, 4) is 0 Å². The van der Waals surface area contributed by atoms with E-state index in [1.807, 2.05) is 0 Å². The highest BCUT2D eigenvalue weighted by atomic mass is 16.5. The van der Waals surface area contributed by atoms with Crippen molar-refractivity contribution in [2.45, 2.75) is 13.3 Å². The van der Waals surface area contributed by atoms with Crippen molar-refractivity contribution in [2.24, 2.45) is 5.16 Å². The number of carbonyl (C=O) groups is 1. The summed E-state index contributed by atoms with van der Waals surface area (Å²) in [5.74, 6) is -0.774. The van der Waals surface area contributed by atoms with E-state index in [-0.39, 0.29) is 24.4 Å². The maximum absolute atomic E-state index is 11.9. The van der Waals surface area contributed by atoms with Gasteiger partial charge in [0, 0.05) is 6.42 Å². The number of fused-ring (bicyclic) bond motifs is 1. The van der Waals surface area contributed by atoms with E-state index < -0.39 is 11.5 Å². The molecule has 0 unspecified atom stereocenters. The van der Waals surface area contributed by atoms with Gasteiger partial charge in [-0.2, -0.15) is 0 Å². The second-order valence-electron chi connectivity index (χ2n) is 3.97. The topological polar surface area (TPSA) is 105 Å². The fourth-order valence-electron chi connectivity index (χ4n) is 1.71. The van der Waals surface area contributed by atoms with Gasteiger partial charge >= 0.3 is 5.97 Å². The summed E-state index contributed by atoms with van der Waals surface area (Å²) >= 11 is 0. The number of carbonyl (C=O) groups excluding carboxylic acids is 1. The van der Waals surface area contributed by atoms with Crippen LogP contribution in [0.25, 0.3) is 11.0 Å². The largest absolute Gasteiger partial charge is 0.461 e. The van der Waals surface area contributed by atoms with E-state index in [9.17, 15) is 9.59 Å². The minimum atomic E-state index is -0.774. The van der Waals surface area contributed by atoms with Gasteiger partial charge in [0.15, 0.2) is 5.71 Å². The molecule has 0 radical (unpaired) electrons. The Labute approximate surface area is 113 Å². The highest BCUT2D eigenvalue weighted by Crippen LogP contribution is 2.06. The van der Waals surface area contributed by atoms with E-state index in [0.717, 1.165) is 0 Å². The molecule has 0 bridgehead atoms. The Hall–Kier alpha value is -2.70. The molecule has 0 amide bonds. The third-order valence-electron chi connectivity index (χ3n) is 2.64. The lowest BCUT2D eigenvalue weighted by Gasteiger charge is -2.04. The third kappa shape index (κ3) is 2.82. The van der Waals surface area contributed by atoms with E-state index in [0.29, 0.717) is 11.0 Å². The molecule has 1 heterocycles. The number of oxime groups is 1. The highest BCUT2D eigenvalue weighted by molar-refractivity contribution is 6.36. The van der Waals surface area contributed by atoms with Crippen LogP contribution in [-0.2, 0) is 16.0 Å². The lowest BCUT2D eigenvalue weighted by Crippen LogP contribution is -2.25. The number of aromatic amines is 1. The molecule has 0 atom stereocenters. The van der Waals surface area contributed by atoms with E-state index in [4.69, 9.17) is 9.94 Å². The van der Waals surface area contributed by atoms with Crippen LogP contribution < -0.4 is 5.56 Å².